The van der Waals surface area contributed by atoms with E-state index in [1.54, 1.807) is 4.90 Å². The molecule has 0 bridgehead atoms. The van der Waals surface area contributed by atoms with E-state index in [1.807, 2.05) is 24.3 Å². The van der Waals surface area contributed by atoms with Crippen LogP contribution in [0, 0.1) is 5.92 Å². The number of benzene rings is 1. The first-order valence-electron chi connectivity index (χ1n) is 10.7. The number of halogens is 4. The molecule has 9 heteroatoms. The molecule has 2 aliphatic rings. The molecule has 33 heavy (non-hydrogen) atoms. The fourth-order valence-corrected chi connectivity index (χ4v) is 4.34. The smallest absolute Gasteiger partial charge is 0.298 e. The monoisotopic (exact) mass is 477 g/mol. The van der Waals surface area contributed by atoms with E-state index in [2.05, 4.69) is 11.1 Å². The van der Waals surface area contributed by atoms with Crippen molar-refractivity contribution in [1.29, 1.82) is 0 Å². The van der Waals surface area contributed by atoms with Gasteiger partial charge in [0.25, 0.3) is 0 Å². The summed E-state index contributed by atoms with van der Waals surface area (Å²) >= 11 is 5.94. The summed E-state index contributed by atoms with van der Waals surface area (Å²) < 4.78 is 38.2. The van der Waals surface area contributed by atoms with Gasteiger partial charge in [-0.05, 0) is 54.7 Å². The molecule has 1 aromatic heterocycles. The molecule has 2 heterocycles. The van der Waals surface area contributed by atoms with Crippen molar-refractivity contribution in [3.05, 3.63) is 64.8 Å². The van der Waals surface area contributed by atoms with Crippen molar-refractivity contribution < 1.29 is 22.8 Å². The van der Waals surface area contributed by atoms with Crippen molar-refractivity contribution in [3.8, 4) is 0 Å². The van der Waals surface area contributed by atoms with E-state index in [9.17, 15) is 22.8 Å². The number of nitrogens with zero attached hydrogens (tertiary/aromatic N) is 3. The van der Waals surface area contributed by atoms with Crippen LogP contribution in [0.15, 0.2) is 48.7 Å². The highest BCUT2D eigenvalue weighted by atomic mass is 35.5. The van der Waals surface area contributed by atoms with Crippen molar-refractivity contribution in [1.82, 2.24) is 9.88 Å². The second-order valence-corrected chi connectivity index (χ2v) is 8.77. The van der Waals surface area contributed by atoms with E-state index >= 15 is 0 Å². The van der Waals surface area contributed by atoms with Crippen molar-refractivity contribution in [2.24, 2.45) is 5.92 Å². The third kappa shape index (κ3) is 5.62. The van der Waals surface area contributed by atoms with Crippen LogP contribution < -0.4 is 4.90 Å². The lowest BCUT2D eigenvalue weighted by Gasteiger charge is -2.34. The van der Waals surface area contributed by atoms with Crippen molar-refractivity contribution in [2.45, 2.75) is 25.4 Å². The predicted octanol–water partition coefficient (Wildman–Crippen LogP) is 4.86. The minimum absolute atomic E-state index is 0.0347. The van der Waals surface area contributed by atoms with Crippen LogP contribution in [0.3, 0.4) is 0 Å². The van der Waals surface area contributed by atoms with Crippen LogP contribution in [-0.4, -0.2) is 47.8 Å². The lowest BCUT2D eigenvalue weighted by Crippen LogP contribution is -2.52. The molecule has 5 nitrogen and oxygen atoms in total. The number of piperazine rings is 1. The first-order chi connectivity index (χ1) is 15.7. The quantitative estimate of drug-likeness (QED) is 0.617. The zero-order valence-electron chi connectivity index (χ0n) is 17.8. The van der Waals surface area contributed by atoms with Gasteiger partial charge in [0.1, 0.15) is 11.6 Å². The van der Waals surface area contributed by atoms with E-state index in [-0.39, 0.29) is 43.1 Å². The highest BCUT2D eigenvalue weighted by Gasteiger charge is 2.32. The molecule has 1 aliphatic heterocycles. The molecule has 0 saturated carbocycles. The maximum Gasteiger partial charge on any atom is 0.417 e. The summed E-state index contributed by atoms with van der Waals surface area (Å²) in [7, 11) is 0. The van der Waals surface area contributed by atoms with Crippen LogP contribution in [-0.2, 0) is 15.8 Å². The molecule has 174 valence electrons. The number of hydrogen-bond donors (Lipinski definition) is 0. The summed E-state index contributed by atoms with van der Waals surface area (Å²) in [5.41, 5.74) is 1.47. The Kier molecular flexibility index (Phi) is 6.86. The third-order valence-corrected chi connectivity index (χ3v) is 6.36. The molecule has 1 fully saturated rings. The Morgan fingerprint density at radius 1 is 1.12 bits per heavy atom. The fraction of sp³-hybridized carbons (Fsp3) is 0.375. The molecule has 1 atom stereocenters. The van der Waals surface area contributed by atoms with Gasteiger partial charge in [0, 0.05) is 30.2 Å². The van der Waals surface area contributed by atoms with Gasteiger partial charge in [0.2, 0.25) is 5.91 Å². The molecule has 1 aromatic carbocycles. The number of allylic oxidation sites excluding steroid dienone is 2. The molecule has 1 saturated heterocycles. The topological polar surface area (TPSA) is 53.5 Å². The van der Waals surface area contributed by atoms with Gasteiger partial charge in [0.05, 0.1) is 18.7 Å². The number of carbonyl (C=O) groups is 2. The summed E-state index contributed by atoms with van der Waals surface area (Å²) in [6, 6.07) is 9.78. The zero-order valence-corrected chi connectivity index (χ0v) is 18.6. The second-order valence-electron chi connectivity index (χ2n) is 8.33. The van der Waals surface area contributed by atoms with Crippen LogP contribution in [0.2, 0.25) is 5.02 Å². The van der Waals surface area contributed by atoms with Crippen LogP contribution in [0.1, 0.15) is 30.4 Å². The number of carbonyl (C=O) groups excluding carboxylic acids is 2. The molecule has 2 aromatic rings. The molecule has 1 aliphatic carbocycles. The number of rotatable bonds is 5. The van der Waals surface area contributed by atoms with Gasteiger partial charge in [-0.1, -0.05) is 29.8 Å². The molecular weight excluding hydrogens is 455 g/mol. The highest BCUT2D eigenvalue weighted by molar-refractivity contribution is 6.30. The Morgan fingerprint density at radius 3 is 2.45 bits per heavy atom. The SMILES string of the molecule is O=C(CN1CCN(c2ccc(C(F)(F)F)cn2)C(=O)C1)C1CC=C(c2ccc(Cl)cc2)CC1. The van der Waals surface area contributed by atoms with Gasteiger partial charge in [-0.25, -0.2) is 4.98 Å². The Morgan fingerprint density at radius 2 is 1.88 bits per heavy atom. The number of alkyl halides is 3. The van der Waals surface area contributed by atoms with Gasteiger partial charge < -0.3 is 0 Å². The first-order valence-corrected chi connectivity index (χ1v) is 11.1. The number of amides is 1. The van der Waals surface area contributed by atoms with Gasteiger partial charge in [-0.3, -0.25) is 19.4 Å². The van der Waals surface area contributed by atoms with Gasteiger partial charge >= 0.3 is 6.18 Å². The minimum atomic E-state index is -4.47. The number of hydrogen-bond acceptors (Lipinski definition) is 4. The Labute approximate surface area is 194 Å². The first kappa shape index (κ1) is 23.4. The largest absolute Gasteiger partial charge is 0.417 e. The van der Waals surface area contributed by atoms with Crippen LogP contribution >= 0.6 is 11.6 Å². The molecule has 1 unspecified atom stereocenters. The van der Waals surface area contributed by atoms with Crippen molar-refractivity contribution in [3.63, 3.8) is 0 Å². The van der Waals surface area contributed by atoms with Gasteiger partial charge in [-0.2, -0.15) is 13.2 Å². The van der Waals surface area contributed by atoms with E-state index in [4.69, 9.17) is 11.6 Å². The average molecular weight is 478 g/mol. The van der Waals surface area contributed by atoms with Gasteiger partial charge in [-0.15, -0.1) is 0 Å². The van der Waals surface area contributed by atoms with Crippen molar-refractivity contribution in [2.75, 3.05) is 31.1 Å². The number of Topliss-reactive ketones (excluding diaryl/α,β-unsaturated/α-hetero) is 1. The summed E-state index contributed by atoms with van der Waals surface area (Å²) in [5, 5.41) is 0.687. The Balaban J connectivity index is 1.30. The summed E-state index contributed by atoms with van der Waals surface area (Å²) in [6.07, 6.45) is 0.599. The summed E-state index contributed by atoms with van der Waals surface area (Å²) in [4.78, 5) is 32.3. The number of ketones is 1. The fourth-order valence-electron chi connectivity index (χ4n) is 4.21. The Bertz CT molecular complexity index is 1050. The molecular formula is C24H23ClF3N3O2. The molecule has 0 N–H and O–H groups in total. The lowest BCUT2D eigenvalue weighted by molar-refractivity contribution is -0.137. The average Bonchev–Trinajstić information content (AvgIpc) is 2.79. The maximum absolute atomic E-state index is 12.8. The summed E-state index contributed by atoms with van der Waals surface area (Å²) in [5.74, 6) is -0.0675. The predicted molar refractivity (Wildman–Crippen MR) is 120 cm³/mol. The molecule has 0 spiro atoms. The lowest BCUT2D eigenvalue weighted by atomic mass is 9.84. The standard InChI is InChI=1S/C24H23ClF3N3O2/c25-20-8-5-17(6-9-20)16-1-3-18(4-2-16)21(32)14-30-11-12-31(23(33)15-30)22-10-7-19(13-29-22)24(26,27)28/h1,5-10,13,18H,2-4,11-12,14-15H2. The number of pyridine rings is 1. The molecule has 0 radical (unpaired) electrons. The zero-order chi connectivity index (χ0) is 23.6. The normalized spacial score (nSPS) is 20.0. The second kappa shape index (κ2) is 9.65. The van der Waals surface area contributed by atoms with Crippen LogP contribution in [0.25, 0.3) is 5.57 Å². The van der Waals surface area contributed by atoms with Crippen LogP contribution in [0.4, 0.5) is 19.0 Å². The minimum Gasteiger partial charge on any atom is -0.298 e. The van der Waals surface area contributed by atoms with Crippen LogP contribution in [0.5, 0.6) is 0 Å². The van der Waals surface area contributed by atoms with Crippen molar-refractivity contribution >= 4 is 34.7 Å². The van der Waals surface area contributed by atoms with E-state index in [0.29, 0.717) is 18.0 Å². The number of anilines is 1. The highest BCUT2D eigenvalue weighted by Crippen LogP contribution is 2.32. The Hall–Kier alpha value is -2.71. The van der Waals surface area contributed by atoms with E-state index in [1.165, 1.54) is 16.5 Å². The third-order valence-electron chi connectivity index (χ3n) is 6.11. The van der Waals surface area contributed by atoms with E-state index < -0.39 is 11.7 Å². The summed E-state index contributed by atoms with van der Waals surface area (Å²) in [6.45, 7) is 0.955. The molecule has 4 rings (SSSR count). The van der Waals surface area contributed by atoms with E-state index in [0.717, 1.165) is 30.7 Å². The number of aromatic nitrogens is 1. The molecule has 1 amide bonds. The van der Waals surface area contributed by atoms with Gasteiger partial charge in [0.15, 0.2) is 0 Å². The maximum atomic E-state index is 12.8.